The molecule has 0 bridgehead atoms. The molecule has 0 spiro atoms. The number of thioether (sulfide) groups is 1. The molecule has 4 rings (SSSR count). The second-order valence-corrected chi connectivity index (χ2v) is 11.3. The first-order valence-corrected chi connectivity index (χ1v) is 14.7. The van der Waals surface area contributed by atoms with Crippen molar-refractivity contribution >= 4 is 74.5 Å². The fourth-order valence-corrected chi connectivity index (χ4v) is 5.11. The highest BCUT2D eigenvalue weighted by atomic mass is 79.9. The van der Waals surface area contributed by atoms with Gasteiger partial charge in [0.1, 0.15) is 5.70 Å². The fourth-order valence-electron chi connectivity index (χ4n) is 3.76. The number of carbonyl (C=O) groups excluding carboxylic acids is 3. The standard InChI is InChI=1S/C31H22BrClF3N3O3S/c32-21-9-4-6-19(14-21)15-27(39-29(41)20-7-2-1-3-8-20)30(42)37-23-10-5-11-24(17-23)43-18-28(40)38-26-13-12-22(33)16-25(26)31(34,35)36/h1-17H,18H2,(H,37,42)(H,38,40)(H,39,41)/b27-15+. The van der Waals surface area contributed by atoms with Crippen LogP contribution in [0.5, 0.6) is 0 Å². The van der Waals surface area contributed by atoms with Gasteiger partial charge in [0, 0.05) is 25.6 Å². The van der Waals surface area contributed by atoms with Crippen LogP contribution in [0, 0.1) is 0 Å². The van der Waals surface area contributed by atoms with Crippen molar-refractivity contribution in [1.29, 1.82) is 0 Å². The number of benzene rings is 4. The summed E-state index contributed by atoms with van der Waals surface area (Å²) in [5.41, 5.74) is -0.0417. The number of hydrogen-bond donors (Lipinski definition) is 3. The van der Waals surface area contributed by atoms with E-state index in [1.807, 2.05) is 6.07 Å². The zero-order valence-electron chi connectivity index (χ0n) is 22.0. The molecule has 12 heteroatoms. The van der Waals surface area contributed by atoms with Gasteiger partial charge in [-0.05, 0) is 72.3 Å². The lowest BCUT2D eigenvalue weighted by atomic mass is 10.1. The normalized spacial score (nSPS) is 11.5. The molecule has 6 nitrogen and oxygen atoms in total. The van der Waals surface area contributed by atoms with Gasteiger partial charge >= 0.3 is 6.18 Å². The molecule has 220 valence electrons. The van der Waals surface area contributed by atoms with Gasteiger partial charge in [-0.1, -0.05) is 63.9 Å². The largest absolute Gasteiger partial charge is 0.418 e. The second kappa shape index (κ2) is 14.4. The van der Waals surface area contributed by atoms with E-state index in [1.54, 1.807) is 72.8 Å². The van der Waals surface area contributed by atoms with E-state index in [0.717, 1.165) is 28.4 Å². The molecule has 0 aliphatic heterocycles. The fraction of sp³-hybridized carbons (Fsp3) is 0.0645. The van der Waals surface area contributed by atoms with Crippen molar-refractivity contribution in [2.24, 2.45) is 0 Å². The summed E-state index contributed by atoms with van der Waals surface area (Å²) < 4.78 is 40.8. The van der Waals surface area contributed by atoms with E-state index < -0.39 is 35.1 Å². The first-order chi connectivity index (χ1) is 20.5. The van der Waals surface area contributed by atoms with Crippen LogP contribution in [0.25, 0.3) is 6.08 Å². The molecular formula is C31H22BrClF3N3O3S. The topological polar surface area (TPSA) is 87.3 Å². The molecule has 4 aromatic carbocycles. The van der Waals surface area contributed by atoms with Gasteiger partial charge in [0.25, 0.3) is 11.8 Å². The van der Waals surface area contributed by atoms with E-state index in [9.17, 15) is 27.6 Å². The second-order valence-electron chi connectivity index (χ2n) is 8.94. The maximum absolute atomic E-state index is 13.4. The first-order valence-electron chi connectivity index (χ1n) is 12.5. The molecule has 3 amide bonds. The summed E-state index contributed by atoms with van der Waals surface area (Å²) in [5.74, 6) is -1.92. The van der Waals surface area contributed by atoms with Crippen molar-refractivity contribution in [3.8, 4) is 0 Å². The summed E-state index contributed by atoms with van der Waals surface area (Å²) in [6.45, 7) is 0. The van der Waals surface area contributed by atoms with Gasteiger partial charge in [-0.2, -0.15) is 13.2 Å². The number of rotatable bonds is 9. The Balaban J connectivity index is 1.45. The summed E-state index contributed by atoms with van der Waals surface area (Å²) in [6.07, 6.45) is -3.16. The lowest BCUT2D eigenvalue weighted by Crippen LogP contribution is -2.30. The number of halogens is 5. The Morgan fingerprint density at radius 3 is 2.33 bits per heavy atom. The summed E-state index contributed by atoms with van der Waals surface area (Å²) in [7, 11) is 0. The third-order valence-electron chi connectivity index (χ3n) is 5.71. The Hall–Kier alpha value is -4.06. The van der Waals surface area contributed by atoms with Crippen LogP contribution in [-0.2, 0) is 15.8 Å². The molecule has 0 saturated heterocycles. The van der Waals surface area contributed by atoms with E-state index >= 15 is 0 Å². The van der Waals surface area contributed by atoms with E-state index in [2.05, 4.69) is 31.9 Å². The monoisotopic (exact) mass is 687 g/mol. The van der Waals surface area contributed by atoms with Crippen molar-refractivity contribution in [1.82, 2.24) is 5.32 Å². The molecule has 0 aliphatic rings. The van der Waals surface area contributed by atoms with Crippen molar-refractivity contribution in [3.05, 3.63) is 129 Å². The number of amides is 3. The van der Waals surface area contributed by atoms with Gasteiger partial charge in [-0.3, -0.25) is 14.4 Å². The predicted molar refractivity (Wildman–Crippen MR) is 167 cm³/mol. The van der Waals surface area contributed by atoms with Gasteiger partial charge < -0.3 is 16.0 Å². The van der Waals surface area contributed by atoms with Gasteiger partial charge in [-0.25, -0.2) is 0 Å². The van der Waals surface area contributed by atoms with Crippen LogP contribution in [0.4, 0.5) is 24.5 Å². The Morgan fingerprint density at radius 2 is 1.60 bits per heavy atom. The summed E-state index contributed by atoms with van der Waals surface area (Å²) in [6, 6.07) is 25.3. The molecule has 3 N–H and O–H groups in total. The molecule has 0 atom stereocenters. The smallest absolute Gasteiger partial charge is 0.325 e. The highest BCUT2D eigenvalue weighted by molar-refractivity contribution is 9.10. The number of nitrogens with one attached hydrogen (secondary N) is 3. The lowest BCUT2D eigenvalue weighted by Gasteiger charge is -2.14. The third-order valence-corrected chi connectivity index (χ3v) is 7.43. The highest BCUT2D eigenvalue weighted by Crippen LogP contribution is 2.36. The number of alkyl halides is 3. The Morgan fingerprint density at radius 1 is 0.860 bits per heavy atom. The van der Waals surface area contributed by atoms with Crippen LogP contribution >= 0.6 is 39.3 Å². The molecule has 4 aromatic rings. The summed E-state index contributed by atoms with van der Waals surface area (Å²) in [5, 5.41) is 7.58. The molecule has 0 aromatic heterocycles. The van der Waals surface area contributed by atoms with Crippen LogP contribution < -0.4 is 16.0 Å². The Labute approximate surface area is 262 Å². The minimum absolute atomic E-state index is 0.00665. The van der Waals surface area contributed by atoms with Crippen LogP contribution in [-0.4, -0.2) is 23.5 Å². The SMILES string of the molecule is O=C(CSc1cccc(NC(=O)/C(=C\c2cccc(Br)c2)NC(=O)c2ccccc2)c1)Nc1ccc(Cl)cc1C(F)(F)F. The first kappa shape index (κ1) is 31.9. The molecule has 0 unspecified atom stereocenters. The maximum atomic E-state index is 13.4. The zero-order valence-corrected chi connectivity index (χ0v) is 25.2. The molecule has 0 aliphatic carbocycles. The average Bonchev–Trinajstić information content (AvgIpc) is 2.97. The summed E-state index contributed by atoms with van der Waals surface area (Å²) in [4.78, 5) is 39.2. The number of carbonyl (C=O) groups is 3. The van der Waals surface area contributed by atoms with Crippen molar-refractivity contribution in [2.75, 3.05) is 16.4 Å². The quantitative estimate of drug-likeness (QED) is 0.122. The molecule has 0 saturated carbocycles. The van der Waals surface area contributed by atoms with Gasteiger partial charge in [-0.15, -0.1) is 11.8 Å². The molecule has 0 radical (unpaired) electrons. The minimum Gasteiger partial charge on any atom is -0.325 e. The maximum Gasteiger partial charge on any atom is 0.418 e. The van der Waals surface area contributed by atoms with E-state index in [1.165, 1.54) is 12.1 Å². The number of hydrogen-bond acceptors (Lipinski definition) is 4. The van der Waals surface area contributed by atoms with E-state index in [4.69, 9.17) is 11.6 Å². The third kappa shape index (κ3) is 9.47. The van der Waals surface area contributed by atoms with E-state index in [0.29, 0.717) is 21.7 Å². The molecular weight excluding hydrogens is 667 g/mol. The van der Waals surface area contributed by atoms with Gasteiger partial charge in [0.15, 0.2) is 0 Å². The van der Waals surface area contributed by atoms with Crippen molar-refractivity contribution in [2.45, 2.75) is 11.1 Å². The molecule has 0 heterocycles. The highest BCUT2D eigenvalue weighted by Gasteiger charge is 2.34. The molecule has 0 fully saturated rings. The van der Waals surface area contributed by atoms with Crippen LogP contribution in [0.1, 0.15) is 21.5 Å². The van der Waals surface area contributed by atoms with Gasteiger partial charge in [0.2, 0.25) is 5.91 Å². The van der Waals surface area contributed by atoms with Crippen molar-refractivity contribution in [3.63, 3.8) is 0 Å². The van der Waals surface area contributed by atoms with E-state index in [-0.39, 0.29) is 16.5 Å². The average molecular weight is 689 g/mol. The van der Waals surface area contributed by atoms with Crippen LogP contribution in [0.15, 0.2) is 112 Å². The van der Waals surface area contributed by atoms with Gasteiger partial charge in [0.05, 0.1) is 17.0 Å². The lowest BCUT2D eigenvalue weighted by molar-refractivity contribution is -0.137. The zero-order chi connectivity index (χ0) is 31.0. The predicted octanol–water partition coefficient (Wildman–Crippen LogP) is 8.26. The van der Waals surface area contributed by atoms with Crippen molar-refractivity contribution < 1.29 is 27.6 Å². The number of anilines is 2. The van der Waals surface area contributed by atoms with Crippen LogP contribution in [0.2, 0.25) is 5.02 Å². The molecule has 43 heavy (non-hydrogen) atoms. The Kier molecular flexibility index (Phi) is 10.7. The van der Waals surface area contributed by atoms with Crippen LogP contribution in [0.3, 0.4) is 0 Å². The minimum atomic E-state index is -4.70. The Bertz CT molecular complexity index is 1680. The summed E-state index contributed by atoms with van der Waals surface area (Å²) >= 11 is 10.2.